The molecule has 29 heavy (non-hydrogen) atoms. The van der Waals surface area contributed by atoms with Gasteiger partial charge in [0.15, 0.2) is 12.4 Å². The largest absolute Gasteiger partial charge is 0.476 e. The molecule has 1 aliphatic heterocycles. The Morgan fingerprint density at radius 1 is 1.17 bits per heavy atom. The van der Waals surface area contributed by atoms with Gasteiger partial charge in [0.1, 0.15) is 5.58 Å². The number of carbonyl (C=O) groups excluding carboxylic acids is 1. The second kappa shape index (κ2) is 8.49. The van der Waals surface area contributed by atoms with Crippen molar-refractivity contribution in [2.75, 3.05) is 19.8 Å². The summed E-state index contributed by atoms with van der Waals surface area (Å²) in [5, 5.41) is 3.21. The van der Waals surface area contributed by atoms with Crippen LogP contribution in [0.2, 0.25) is 0 Å². The molecule has 0 aliphatic carbocycles. The molecule has 6 nitrogen and oxygen atoms in total. The molecule has 150 valence electrons. The van der Waals surface area contributed by atoms with Crippen LogP contribution in [-0.4, -0.2) is 31.8 Å². The van der Waals surface area contributed by atoms with E-state index in [2.05, 4.69) is 5.32 Å². The maximum absolute atomic E-state index is 13.0. The Balaban J connectivity index is 1.60. The zero-order valence-electron chi connectivity index (χ0n) is 16.3. The monoisotopic (exact) mass is 393 g/mol. The van der Waals surface area contributed by atoms with Crippen molar-refractivity contribution in [3.8, 4) is 17.1 Å². The lowest BCUT2D eigenvalue weighted by atomic mass is 10.1. The molecule has 0 spiro atoms. The predicted molar refractivity (Wildman–Crippen MR) is 110 cm³/mol. The van der Waals surface area contributed by atoms with Gasteiger partial charge in [0, 0.05) is 18.7 Å². The minimum atomic E-state index is -0.303. The van der Waals surface area contributed by atoms with Gasteiger partial charge in [-0.3, -0.25) is 9.59 Å². The van der Waals surface area contributed by atoms with Crippen molar-refractivity contribution in [3.05, 3.63) is 64.3 Å². The predicted octanol–water partition coefficient (Wildman–Crippen LogP) is 3.44. The van der Waals surface area contributed by atoms with Crippen molar-refractivity contribution in [2.45, 2.75) is 25.9 Å². The zero-order chi connectivity index (χ0) is 20.2. The van der Waals surface area contributed by atoms with Crippen molar-refractivity contribution in [2.24, 2.45) is 0 Å². The summed E-state index contributed by atoms with van der Waals surface area (Å²) in [6, 6.07) is 14.6. The van der Waals surface area contributed by atoms with Crippen molar-refractivity contribution >= 4 is 16.9 Å². The Bertz CT molecular complexity index is 1060. The molecule has 6 heteroatoms. The van der Waals surface area contributed by atoms with Crippen LogP contribution >= 0.6 is 0 Å². The first-order valence-corrected chi connectivity index (χ1v) is 9.76. The third kappa shape index (κ3) is 4.32. The number of ether oxygens (including phenoxy) is 2. The molecule has 1 saturated heterocycles. The molecule has 0 bridgehead atoms. The highest BCUT2D eigenvalue weighted by Gasteiger charge is 2.20. The summed E-state index contributed by atoms with van der Waals surface area (Å²) < 4.78 is 17.2. The maximum Gasteiger partial charge on any atom is 0.258 e. The van der Waals surface area contributed by atoms with Gasteiger partial charge in [0.25, 0.3) is 5.91 Å². The zero-order valence-corrected chi connectivity index (χ0v) is 16.3. The van der Waals surface area contributed by atoms with E-state index < -0.39 is 0 Å². The quantitative estimate of drug-likeness (QED) is 0.694. The lowest BCUT2D eigenvalue weighted by Gasteiger charge is -2.13. The van der Waals surface area contributed by atoms with Crippen molar-refractivity contribution in [1.29, 1.82) is 0 Å². The molecule has 3 aromatic rings. The molecule has 1 N–H and O–H groups in total. The van der Waals surface area contributed by atoms with Gasteiger partial charge in [-0.1, -0.05) is 42.0 Å². The number of fused-ring (bicyclic) bond motifs is 1. The maximum atomic E-state index is 13.0. The summed E-state index contributed by atoms with van der Waals surface area (Å²) in [7, 11) is 0. The first kappa shape index (κ1) is 19.2. The molecule has 1 amide bonds. The lowest BCUT2D eigenvalue weighted by Crippen LogP contribution is -2.35. The van der Waals surface area contributed by atoms with E-state index >= 15 is 0 Å². The number of hydrogen-bond donors (Lipinski definition) is 1. The highest BCUT2D eigenvalue weighted by molar-refractivity contribution is 5.82. The molecular formula is C23H23NO5. The first-order valence-electron chi connectivity index (χ1n) is 9.76. The third-order valence-corrected chi connectivity index (χ3v) is 4.97. The molecule has 0 saturated carbocycles. The van der Waals surface area contributed by atoms with Gasteiger partial charge in [-0.05, 0) is 31.9 Å². The Labute approximate surface area is 168 Å². The van der Waals surface area contributed by atoms with Gasteiger partial charge in [0.05, 0.1) is 11.5 Å². The average Bonchev–Trinajstić information content (AvgIpc) is 3.26. The summed E-state index contributed by atoms with van der Waals surface area (Å²) >= 11 is 0. The van der Waals surface area contributed by atoms with Crippen LogP contribution < -0.4 is 15.5 Å². The molecule has 1 aromatic heterocycles. The van der Waals surface area contributed by atoms with Crippen LogP contribution in [0.5, 0.6) is 5.75 Å². The van der Waals surface area contributed by atoms with E-state index in [1.165, 1.54) is 0 Å². The summed E-state index contributed by atoms with van der Waals surface area (Å²) in [4.78, 5) is 25.2. The molecular weight excluding hydrogens is 370 g/mol. The molecule has 2 aromatic carbocycles. The Morgan fingerprint density at radius 3 is 2.72 bits per heavy atom. The summed E-state index contributed by atoms with van der Waals surface area (Å²) in [5.41, 5.74) is 1.98. The topological polar surface area (TPSA) is 77.8 Å². The number of hydrogen-bond acceptors (Lipinski definition) is 5. The second-order valence-corrected chi connectivity index (χ2v) is 7.18. The fourth-order valence-corrected chi connectivity index (χ4v) is 3.37. The number of para-hydroxylation sites is 1. The summed E-state index contributed by atoms with van der Waals surface area (Å²) in [5.74, 6) is 0.0587. The van der Waals surface area contributed by atoms with Crippen LogP contribution in [-0.2, 0) is 9.53 Å². The minimum absolute atomic E-state index is 0.0415. The molecule has 2 heterocycles. The molecule has 0 unspecified atom stereocenters. The van der Waals surface area contributed by atoms with E-state index in [1.54, 1.807) is 18.2 Å². The van der Waals surface area contributed by atoms with Gasteiger partial charge < -0.3 is 19.2 Å². The van der Waals surface area contributed by atoms with E-state index in [0.717, 1.165) is 25.0 Å². The molecule has 1 aliphatic rings. The molecule has 0 radical (unpaired) electrons. The first-order chi connectivity index (χ1) is 14.1. The van der Waals surface area contributed by atoms with Gasteiger partial charge in [-0.2, -0.15) is 0 Å². The third-order valence-electron chi connectivity index (χ3n) is 4.97. The van der Waals surface area contributed by atoms with E-state index in [-0.39, 0.29) is 29.8 Å². The van der Waals surface area contributed by atoms with Crippen molar-refractivity contribution in [3.63, 3.8) is 0 Å². The van der Waals surface area contributed by atoms with E-state index in [9.17, 15) is 9.59 Å². The van der Waals surface area contributed by atoms with Crippen LogP contribution in [0.25, 0.3) is 22.3 Å². The SMILES string of the molecule is Cc1ccc(-c2oc3ccccc3c(=O)c2OCC(=O)NC[C@@H]2CCCO2)cc1. The van der Waals surface area contributed by atoms with E-state index in [4.69, 9.17) is 13.9 Å². The number of nitrogens with one attached hydrogen (secondary N) is 1. The number of carbonyl (C=O) groups is 1. The Morgan fingerprint density at radius 2 is 1.97 bits per heavy atom. The molecule has 1 fully saturated rings. The minimum Gasteiger partial charge on any atom is -0.476 e. The standard InChI is InChI=1S/C23H23NO5/c1-15-8-10-16(11-9-15)22-23(21(26)18-6-2-3-7-19(18)29-22)28-14-20(25)24-13-17-5-4-12-27-17/h2-3,6-11,17H,4-5,12-14H2,1H3,(H,24,25)/t17-/m0/s1. The fourth-order valence-electron chi connectivity index (χ4n) is 3.37. The van der Waals surface area contributed by atoms with Gasteiger partial charge in [-0.15, -0.1) is 0 Å². The summed E-state index contributed by atoms with van der Waals surface area (Å²) in [6.45, 7) is 2.89. The number of amides is 1. The van der Waals surface area contributed by atoms with Crippen LogP contribution in [0, 0.1) is 6.92 Å². The van der Waals surface area contributed by atoms with E-state index in [1.807, 2.05) is 37.3 Å². The summed E-state index contributed by atoms with van der Waals surface area (Å²) in [6.07, 6.45) is 2.00. The van der Waals surface area contributed by atoms with Gasteiger partial charge >= 0.3 is 0 Å². The molecule has 4 rings (SSSR count). The highest BCUT2D eigenvalue weighted by atomic mass is 16.5. The lowest BCUT2D eigenvalue weighted by molar-refractivity contribution is -0.123. The highest BCUT2D eigenvalue weighted by Crippen LogP contribution is 2.31. The van der Waals surface area contributed by atoms with Gasteiger partial charge in [-0.25, -0.2) is 0 Å². The second-order valence-electron chi connectivity index (χ2n) is 7.18. The van der Waals surface area contributed by atoms with Crippen molar-refractivity contribution in [1.82, 2.24) is 5.32 Å². The molecule has 1 atom stereocenters. The Hall–Kier alpha value is -3.12. The number of benzene rings is 2. The smallest absolute Gasteiger partial charge is 0.258 e. The number of aryl methyl sites for hydroxylation is 1. The van der Waals surface area contributed by atoms with Gasteiger partial charge in [0.2, 0.25) is 11.2 Å². The Kier molecular flexibility index (Phi) is 5.62. The normalized spacial score (nSPS) is 16.1. The van der Waals surface area contributed by atoms with E-state index in [0.29, 0.717) is 28.8 Å². The van der Waals surface area contributed by atoms with Crippen LogP contribution in [0.4, 0.5) is 0 Å². The van der Waals surface area contributed by atoms with Crippen molar-refractivity contribution < 1.29 is 18.7 Å². The fraction of sp³-hybridized carbons (Fsp3) is 0.304. The number of rotatable bonds is 6. The average molecular weight is 393 g/mol. The van der Waals surface area contributed by atoms with Crippen LogP contribution in [0.3, 0.4) is 0 Å². The van der Waals surface area contributed by atoms with Crippen LogP contribution in [0.15, 0.2) is 57.7 Å². The van der Waals surface area contributed by atoms with Crippen LogP contribution in [0.1, 0.15) is 18.4 Å².